The lowest BCUT2D eigenvalue weighted by molar-refractivity contribution is 0.0170. The Balaban J connectivity index is 2.03. The van der Waals surface area contributed by atoms with Gasteiger partial charge in [-0.1, -0.05) is 30.3 Å². The van der Waals surface area contributed by atoms with Crippen LogP contribution in [0.5, 0.6) is 0 Å². The number of benzene rings is 1. The van der Waals surface area contributed by atoms with Gasteiger partial charge in [0, 0.05) is 6.04 Å². The summed E-state index contributed by atoms with van der Waals surface area (Å²) in [6.45, 7) is 2.38. The third kappa shape index (κ3) is 3.19. The van der Waals surface area contributed by atoms with Crippen molar-refractivity contribution in [3.63, 3.8) is 0 Å². The van der Waals surface area contributed by atoms with Gasteiger partial charge in [0.15, 0.2) is 0 Å². The zero-order valence-electron chi connectivity index (χ0n) is 9.87. The first-order chi connectivity index (χ1) is 8.27. The van der Waals surface area contributed by atoms with Crippen molar-refractivity contribution >= 4 is 0 Å². The molecule has 0 saturated heterocycles. The van der Waals surface area contributed by atoms with Crippen molar-refractivity contribution in [2.45, 2.75) is 25.7 Å². The first kappa shape index (κ1) is 11.9. The summed E-state index contributed by atoms with van der Waals surface area (Å²) >= 11 is 0. The molecule has 0 amide bonds. The molecule has 17 heavy (non-hydrogen) atoms. The highest BCUT2D eigenvalue weighted by Crippen LogP contribution is 2.21. The molecule has 3 nitrogen and oxygen atoms in total. The Kier molecular flexibility index (Phi) is 3.96. The predicted molar refractivity (Wildman–Crippen MR) is 66.3 cm³/mol. The minimum Gasteiger partial charge on any atom is -0.467 e. The first-order valence-electron chi connectivity index (χ1n) is 5.72. The van der Waals surface area contributed by atoms with Crippen LogP contribution >= 0.6 is 0 Å². The second kappa shape index (κ2) is 5.66. The minimum absolute atomic E-state index is 0.0626. The van der Waals surface area contributed by atoms with Gasteiger partial charge in [0.1, 0.15) is 12.4 Å². The van der Waals surface area contributed by atoms with Gasteiger partial charge in [-0.15, -0.1) is 0 Å². The number of hydrogen-bond acceptors (Lipinski definition) is 3. The standard InChI is InChI=1S/C14H17NO2/c1-11(15)14(12-6-3-2-4-7-12)17-10-13-8-5-9-16-13/h2-9,11,14H,10,15H2,1H3. The molecular formula is C14H17NO2. The molecule has 0 aliphatic carbocycles. The highest BCUT2D eigenvalue weighted by Gasteiger charge is 2.16. The topological polar surface area (TPSA) is 48.4 Å². The van der Waals surface area contributed by atoms with Crippen molar-refractivity contribution in [2.75, 3.05) is 0 Å². The fraction of sp³-hybridized carbons (Fsp3) is 0.286. The monoisotopic (exact) mass is 231 g/mol. The summed E-state index contributed by atoms with van der Waals surface area (Å²) in [5.41, 5.74) is 7.04. The molecule has 90 valence electrons. The molecule has 2 atom stereocenters. The van der Waals surface area contributed by atoms with Crippen molar-refractivity contribution in [1.82, 2.24) is 0 Å². The van der Waals surface area contributed by atoms with Crippen LogP contribution in [0.2, 0.25) is 0 Å². The summed E-state index contributed by atoms with van der Waals surface area (Å²) < 4.78 is 11.0. The molecule has 0 bridgehead atoms. The number of rotatable bonds is 5. The van der Waals surface area contributed by atoms with Crippen LogP contribution in [0.4, 0.5) is 0 Å². The molecule has 2 rings (SSSR count). The van der Waals surface area contributed by atoms with E-state index in [0.717, 1.165) is 11.3 Å². The quantitative estimate of drug-likeness (QED) is 0.860. The second-order valence-corrected chi connectivity index (χ2v) is 4.08. The first-order valence-corrected chi connectivity index (χ1v) is 5.72. The highest BCUT2D eigenvalue weighted by atomic mass is 16.5. The van der Waals surface area contributed by atoms with Gasteiger partial charge in [0.25, 0.3) is 0 Å². The van der Waals surface area contributed by atoms with E-state index in [2.05, 4.69) is 0 Å². The van der Waals surface area contributed by atoms with Crippen molar-refractivity contribution in [1.29, 1.82) is 0 Å². The van der Waals surface area contributed by atoms with Crippen molar-refractivity contribution in [2.24, 2.45) is 5.73 Å². The van der Waals surface area contributed by atoms with Crippen molar-refractivity contribution < 1.29 is 9.15 Å². The molecule has 0 saturated carbocycles. The van der Waals surface area contributed by atoms with Crippen LogP contribution in [-0.2, 0) is 11.3 Å². The summed E-state index contributed by atoms with van der Waals surface area (Å²) in [5, 5.41) is 0. The fourth-order valence-electron chi connectivity index (χ4n) is 1.76. The summed E-state index contributed by atoms with van der Waals surface area (Å²) in [5.74, 6) is 0.812. The van der Waals surface area contributed by atoms with E-state index in [-0.39, 0.29) is 12.1 Å². The Morgan fingerprint density at radius 2 is 1.94 bits per heavy atom. The molecule has 2 aromatic rings. The Morgan fingerprint density at radius 1 is 1.18 bits per heavy atom. The maximum Gasteiger partial charge on any atom is 0.129 e. The van der Waals surface area contributed by atoms with Crippen LogP contribution in [0, 0.1) is 0 Å². The summed E-state index contributed by atoms with van der Waals surface area (Å²) in [6, 6.07) is 13.7. The molecule has 0 aliphatic rings. The number of ether oxygens (including phenoxy) is 1. The van der Waals surface area contributed by atoms with E-state index >= 15 is 0 Å². The van der Waals surface area contributed by atoms with Crippen molar-refractivity contribution in [3.05, 3.63) is 60.1 Å². The molecule has 0 fully saturated rings. The van der Waals surface area contributed by atoms with Gasteiger partial charge in [-0.05, 0) is 24.6 Å². The van der Waals surface area contributed by atoms with Gasteiger partial charge in [-0.2, -0.15) is 0 Å². The molecule has 3 heteroatoms. The van der Waals surface area contributed by atoms with Gasteiger partial charge in [0.05, 0.1) is 12.4 Å². The van der Waals surface area contributed by atoms with Crippen LogP contribution in [0.1, 0.15) is 24.4 Å². The zero-order valence-corrected chi connectivity index (χ0v) is 9.87. The average molecular weight is 231 g/mol. The van der Waals surface area contributed by atoms with E-state index in [9.17, 15) is 0 Å². The lowest BCUT2D eigenvalue weighted by atomic mass is 10.0. The lowest BCUT2D eigenvalue weighted by Crippen LogP contribution is -2.26. The summed E-state index contributed by atoms with van der Waals surface area (Å²) in [7, 11) is 0. The Hall–Kier alpha value is -1.58. The third-order valence-electron chi connectivity index (χ3n) is 2.59. The van der Waals surface area contributed by atoms with E-state index in [4.69, 9.17) is 14.9 Å². The summed E-state index contributed by atoms with van der Waals surface area (Å²) in [4.78, 5) is 0. The lowest BCUT2D eigenvalue weighted by Gasteiger charge is -2.21. The Labute approximate surface area is 101 Å². The van der Waals surface area contributed by atoms with Gasteiger partial charge in [-0.3, -0.25) is 0 Å². The third-order valence-corrected chi connectivity index (χ3v) is 2.59. The number of nitrogens with two attached hydrogens (primary N) is 1. The van der Waals surface area contributed by atoms with Gasteiger partial charge >= 0.3 is 0 Å². The average Bonchev–Trinajstić information content (AvgIpc) is 2.83. The van der Waals surface area contributed by atoms with Crippen LogP contribution < -0.4 is 5.73 Å². The van der Waals surface area contributed by atoms with E-state index in [0.29, 0.717) is 6.61 Å². The van der Waals surface area contributed by atoms with Crippen LogP contribution in [0.15, 0.2) is 53.1 Å². The zero-order chi connectivity index (χ0) is 12.1. The highest BCUT2D eigenvalue weighted by molar-refractivity contribution is 5.18. The van der Waals surface area contributed by atoms with Crippen LogP contribution in [0.25, 0.3) is 0 Å². The maximum atomic E-state index is 5.95. The van der Waals surface area contributed by atoms with E-state index < -0.39 is 0 Å². The smallest absolute Gasteiger partial charge is 0.129 e. The maximum absolute atomic E-state index is 5.95. The van der Waals surface area contributed by atoms with E-state index in [1.165, 1.54) is 0 Å². The van der Waals surface area contributed by atoms with E-state index in [1.54, 1.807) is 6.26 Å². The molecule has 0 radical (unpaired) electrons. The second-order valence-electron chi connectivity index (χ2n) is 4.08. The molecule has 1 aromatic heterocycles. The summed E-state index contributed by atoms with van der Waals surface area (Å²) in [6.07, 6.45) is 1.53. The number of hydrogen-bond donors (Lipinski definition) is 1. The molecule has 2 unspecified atom stereocenters. The SMILES string of the molecule is CC(N)C(OCc1ccco1)c1ccccc1. The Bertz CT molecular complexity index is 423. The fourth-order valence-corrected chi connectivity index (χ4v) is 1.76. The molecule has 1 heterocycles. The normalized spacial score (nSPS) is 14.5. The van der Waals surface area contributed by atoms with Crippen LogP contribution in [-0.4, -0.2) is 6.04 Å². The number of furan rings is 1. The van der Waals surface area contributed by atoms with Crippen LogP contribution in [0.3, 0.4) is 0 Å². The predicted octanol–water partition coefficient (Wildman–Crippen LogP) is 2.88. The molecule has 1 aromatic carbocycles. The molecular weight excluding hydrogens is 214 g/mol. The minimum atomic E-state index is -0.110. The van der Waals surface area contributed by atoms with Gasteiger partial charge < -0.3 is 14.9 Å². The van der Waals surface area contributed by atoms with E-state index in [1.807, 2.05) is 49.4 Å². The van der Waals surface area contributed by atoms with Gasteiger partial charge in [0.2, 0.25) is 0 Å². The van der Waals surface area contributed by atoms with Crippen molar-refractivity contribution in [3.8, 4) is 0 Å². The van der Waals surface area contributed by atoms with Gasteiger partial charge in [-0.25, -0.2) is 0 Å². The molecule has 0 spiro atoms. The Morgan fingerprint density at radius 3 is 2.53 bits per heavy atom. The largest absolute Gasteiger partial charge is 0.467 e. The molecule has 2 N–H and O–H groups in total. The molecule has 0 aliphatic heterocycles.